The fourth-order valence-corrected chi connectivity index (χ4v) is 2.40. The maximum Gasteiger partial charge on any atom is 0.223 e. The standard InChI is InChI=1S/C14H24N4/c1-14(2,10-15)18-13-16-8-12(9-17-13)11-6-4-3-5-7-11/h8-9,11H,3-7,10,15H2,1-2H3,(H,16,17,18). The Bertz CT molecular complexity index is 366. The lowest BCUT2D eigenvalue weighted by Crippen LogP contribution is -2.39. The van der Waals surface area contributed by atoms with Crippen LogP contribution in [0.5, 0.6) is 0 Å². The van der Waals surface area contributed by atoms with Gasteiger partial charge in [0.15, 0.2) is 0 Å². The first-order chi connectivity index (χ1) is 8.61. The van der Waals surface area contributed by atoms with Crippen molar-refractivity contribution in [2.75, 3.05) is 11.9 Å². The van der Waals surface area contributed by atoms with Crippen molar-refractivity contribution >= 4 is 5.95 Å². The number of anilines is 1. The largest absolute Gasteiger partial charge is 0.348 e. The van der Waals surface area contributed by atoms with Crippen LogP contribution in [0, 0.1) is 0 Å². The number of rotatable bonds is 4. The number of nitrogens with two attached hydrogens (primary N) is 1. The lowest BCUT2D eigenvalue weighted by Gasteiger charge is -2.25. The molecule has 3 N–H and O–H groups in total. The van der Waals surface area contributed by atoms with Crippen LogP contribution in [0.1, 0.15) is 57.4 Å². The first kappa shape index (κ1) is 13.3. The van der Waals surface area contributed by atoms with E-state index in [2.05, 4.69) is 15.3 Å². The molecule has 0 radical (unpaired) electrons. The van der Waals surface area contributed by atoms with Gasteiger partial charge < -0.3 is 11.1 Å². The number of hydrogen-bond acceptors (Lipinski definition) is 4. The van der Waals surface area contributed by atoms with Gasteiger partial charge in [0, 0.05) is 24.5 Å². The zero-order chi connectivity index (χ0) is 13.0. The van der Waals surface area contributed by atoms with Crippen LogP contribution in [0.15, 0.2) is 12.4 Å². The molecule has 18 heavy (non-hydrogen) atoms. The summed E-state index contributed by atoms with van der Waals surface area (Å²) < 4.78 is 0. The summed E-state index contributed by atoms with van der Waals surface area (Å²) in [6.07, 6.45) is 10.6. The summed E-state index contributed by atoms with van der Waals surface area (Å²) in [5.74, 6) is 1.33. The quantitative estimate of drug-likeness (QED) is 0.860. The van der Waals surface area contributed by atoms with Gasteiger partial charge in [-0.3, -0.25) is 0 Å². The second-order valence-electron chi connectivity index (χ2n) is 5.89. The van der Waals surface area contributed by atoms with Crippen molar-refractivity contribution in [1.82, 2.24) is 9.97 Å². The first-order valence-electron chi connectivity index (χ1n) is 6.91. The van der Waals surface area contributed by atoms with E-state index in [0.29, 0.717) is 18.4 Å². The predicted molar refractivity (Wildman–Crippen MR) is 74.6 cm³/mol. The van der Waals surface area contributed by atoms with Crippen LogP contribution in [0.2, 0.25) is 0 Å². The molecule has 2 rings (SSSR count). The number of nitrogens with zero attached hydrogens (tertiary/aromatic N) is 2. The van der Waals surface area contributed by atoms with Crippen molar-refractivity contribution in [1.29, 1.82) is 0 Å². The third kappa shape index (κ3) is 3.42. The molecule has 1 fully saturated rings. The summed E-state index contributed by atoms with van der Waals surface area (Å²) >= 11 is 0. The number of nitrogens with one attached hydrogen (secondary N) is 1. The Morgan fingerprint density at radius 2 is 1.83 bits per heavy atom. The molecule has 100 valence electrons. The lowest BCUT2D eigenvalue weighted by molar-refractivity contribution is 0.442. The van der Waals surface area contributed by atoms with E-state index in [4.69, 9.17) is 5.73 Å². The molecular weight excluding hydrogens is 224 g/mol. The zero-order valence-corrected chi connectivity index (χ0v) is 11.4. The van der Waals surface area contributed by atoms with E-state index in [-0.39, 0.29) is 5.54 Å². The Morgan fingerprint density at radius 1 is 1.22 bits per heavy atom. The molecule has 1 aliphatic carbocycles. The fraction of sp³-hybridized carbons (Fsp3) is 0.714. The normalized spacial score (nSPS) is 17.7. The topological polar surface area (TPSA) is 63.8 Å². The molecule has 0 unspecified atom stereocenters. The molecule has 0 saturated heterocycles. The van der Waals surface area contributed by atoms with E-state index in [9.17, 15) is 0 Å². The van der Waals surface area contributed by atoms with Gasteiger partial charge in [-0.1, -0.05) is 19.3 Å². The third-order valence-corrected chi connectivity index (χ3v) is 3.71. The summed E-state index contributed by atoms with van der Waals surface area (Å²) in [5, 5.41) is 3.25. The van der Waals surface area contributed by atoms with Gasteiger partial charge in [0.1, 0.15) is 0 Å². The second kappa shape index (κ2) is 5.65. The van der Waals surface area contributed by atoms with Crippen molar-refractivity contribution in [3.63, 3.8) is 0 Å². The Kier molecular flexibility index (Phi) is 4.17. The minimum absolute atomic E-state index is 0.160. The van der Waals surface area contributed by atoms with E-state index in [1.807, 2.05) is 26.2 Å². The van der Waals surface area contributed by atoms with Gasteiger partial charge in [-0.2, -0.15) is 0 Å². The zero-order valence-electron chi connectivity index (χ0n) is 11.4. The molecule has 1 aliphatic rings. The van der Waals surface area contributed by atoms with Crippen LogP contribution in [0.25, 0.3) is 0 Å². The molecule has 4 heteroatoms. The average Bonchev–Trinajstić information content (AvgIpc) is 2.40. The van der Waals surface area contributed by atoms with Gasteiger partial charge in [-0.05, 0) is 38.2 Å². The summed E-state index contributed by atoms with van der Waals surface area (Å²) in [6.45, 7) is 4.65. The molecule has 0 aliphatic heterocycles. The van der Waals surface area contributed by atoms with E-state index >= 15 is 0 Å². The maximum atomic E-state index is 5.68. The van der Waals surface area contributed by atoms with Gasteiger partial charge >= 0.3 is 0 Å². The van der Waals surface area contributed by atoms with Gasteiger partial charge in [-0.25, -0.2) is 9.97 Å². The van der Waals surface area contributed by atoms with Gasteiger partial charge in [0.25, 0.3) is 0 Å². The predicted octanol–water partition coefficient (Wildman–Crippen LogP) is 2.67. The molecule has 1 heterocycles. The molecule has 4 nitrogen and oxygen atoms in total. The van der Waals surface area contributed by atoms with Crippen LogP contribution in [-0.4, -0.2) is 22.1 Å². The number of hydrogen-bond donors (Lipinski definition) is 2. The average molecular weight is 248 g/mol. The van der Waals surface area contributed by atoms with Crippen LogP contribution in [0.3, 0.4) is 0 Å². The molecule has 0 bridgehead atoms. The van der Waals surface area contributed by atoms with E-state index < -0.39 is 0 Å². The van der Waals surface area contributed by atoms with E-state index in [1.165, 1.54) is 37.7 Å². The maximum absolute atomic E-state index is 5.68. The molecule has 1 saturated carbocycles. The Hall–Kier alpha value is -1.16. The molecule has 1 aromatic heterocycles. The Balaban J connectivity index is 2.00. The first-order valence-corrected chi connectivity index (χ1v) is 6.91. The summed E-state index contributed by atoms with van der Waals surface area (Å²) in [4.78, 5) is 8.82. The van der Waals surface area contributed by atoms with Crippen LogP contribution in [-0.2, 0) is 0 Å². The van der Waals surface area contributed by atoms with Crippen LogP contribution in [0.4, 0.5) is 5.95 Å². The SMILES string of the molecule is CC(C)(CN)Nc1ncc(C2CCCCC2)cn1. The van der Waals surface area contributed by atoms with Crippen molar-refractivity contribution in [2.24, 2.45) is 5.73 Å². The highest BCUT2D eigenvalue weighted by Gasteiger charge is 2.18. The van der Waals surface area contributed by atoms with Gasteiger partial charge in [-0.15, -0.1) is 0 Å². The lowest BCUT2D eigenvalue weighted by atomic mass is 9.85. The van der Waals surface area contributed by atoms with Crippen molar-refractivity contribution in [2.45, 2.75) is 57.4 Å². The molecule has 0 spiro atoms. The Morgan fingerprint density at radius 3 is 2.39 bits per heavy atom. The number of aromatic nitrogens is 2. The molecule has 0 atom stereocenters. The molecule has 0 amide bonds. The van der Waals surface area contributed by atoms with Gasteiger partial charge in [0.05, 0.1) is 0 Å². The van der Waals surface area contributed by atoms with Crippen LogP contribution < -0.4 is 11.1 Å². The van der Waals surface area contributed by atoms with Gasteiger partial charge in [0.2, 0.25) is 5.95 Å². The molecule has 1 aromatic rings. The summed E-state index contributed by atoms with van der Waals surface area (Å²) in [7, 11) is 0. The minimum Gasteiger partial charge on any atom is -0.348 e. The van der Waals surface area contributed by atoms with E-state index in [1.54, 1.807) is 0 Å². The summed E-state index contributed by atoms with van der Waals surface area (Å²) in [5.41, 5.74) is 6.81. The Labute approximate surface area is 109 Å². The highest BCUT2D eigenvalue weighted by Crippen LogP contribution is 2.31. The summed E-state index contributed by atoms with van der Waals surface area (Å²) in [6, 6.07) is 0. The van der Waals surface area contributed by atoms with Crippen molar-refractivity contribution in [3.05, 3.63) is 18.0 Å². The van der Waals surface area contributed by atoms with E-state index in [0.717, 1.165) is 0 Å². The minimum atomic E-state index is -0.160. The third-order valence-electron chi connectivity index (χ3n) is 3.71. The second-order valence-corrected chi connectivity index (χ2v) is 5.89. The van der Waals surface area contributed by atoms with Crippen molar-refractivity contribution in [3.8, 4) is 0 Å². The molecule has 0 aromatic carbocycles. The fourth-order valence-electron chi connectivity index (χ4n) is 2.40. The molecular formula is C14H24N4. The monoisotopic (exact) mass is 248 g/mol. The highest BCUT2D eigenvalue weighted by molar-refractivity contribution is 5.29. The van der Waals surface area contributed by atoms with Crippen molar-refractivity contribution < 1.29 is 0 Å². The smallest absolute Gasteiger partial charge is 0.223 e. The van der Waals surface area contributed by atoms with Crippen LogP contribution >= 0.6 is 0 Å². The highest BCUT2D eigenvalue weighted by atomic mass is 15.1.